The molecule has 2 N–H and O–H groups in total. The average Bonchev–Trinajstić information content (AvgIpc) is 2.29. The molecule has 1 heterocycles. The molecule has 0 radical (unpaired) electrons. The van der Waals surface area contributed by atoms with Crippen LogP contribution in [-0.4, -0.2) is 56.4 Å². The van der Waals surface area contributed by atoms with E-state index in [0.29, 0.717) is 0 Å². The van der Waals surface area contributed by atoms with E-state index in [1.165, 1.54) is 14.0 Å². The zero-order chi connectivity index (χ0) is 13.0. The Morgan fingerprint density at radius 2 is 2.06 bits per heavy atom. The number of carbonyl (C=O) groups excluding carboxylic acids is 1. The maximum absolute atomic E-state index is 11.2. The molecule has 1 fully saturated rings. The minimum absolute atomic E-state index is 0.0340. The topological polar surface area (TPSA) is 77.0 Å². The van der Waals surface area contributed by atoms with Crippen LogP contribution in [0.2, 0.25) is 0 Å². The van der Waals surface area contributed by atoms with Gasteiger partial charge in [-0.1, -0.05) is 6.92 Å². The van der Waals surface area contributed by atoms with Crippen molar-refractivity contribution in [2.75, 3.05) is 20.8 Å². The van der Waals surface area contributed by atoms with E-state index >= 15 is 0 Å². The number of aliphatic hydroxyl groups is 1. The zero-order valence-electron chi connectivity index (χ0n) is 10.7. The summed E-state index contributed by atoms with van der Waals surface area (Å²) < 4.78 is 16.2. The second kappa shape index (κ2) is 6.30. The third kappa shape index (κ3) is 3.16. The van der Waals surface area contributed by atoms with E-state index in [2.05, 4.69) is 5.32 Å². The molecular formula is C11H21NO5. The Kier molecular flexibility index (Phi) is 5.32. The fourth-order valence-corrected chi connectivity index (χ4v) is 2.23. The van der Waals surface area contributed by atoms with Crippen molar-refractivity contribution >= 4 is 5.91 Å². The summed E-state index contributed by atoms with van der Waals surface area (Å²) in [6, 6.07) is -0.375. The first-order chi connectivity index (χ1) is 8.04. The Bertz CT molecular complexity index is 260. The smallest absolute Gasteiger partial charge is 0.217 e. The van der Waals surface area contributed by atoms with E-state index in [1.54, 1.807) is 7.11 Å². The molecule has 0 bridgehead atoms. The van der Waals surface area contributed by atoms with E-state index < -0.39 is 6.29 Å². The van der Waals surface area contributed by atoms with Gasteiger partial charge in [0.25, 0.3) is 0 Å². The number of methoxy groups -OCH3 is 2. The first kappa shape index (κ1) is 14.4. The Balaban J connectivity index is 2.86. The number of hydrogen-bond donors (Lipinski definition) is 2. The highest BCUT2D eigenvalue weighted by Crippen LogP contribution is 2.28. The van der Waals surface area contributed by atoms with Gasteiger partial charge in [-0.2, -0.15) is 0 Å². The van der Waals surface area contributed by atoms with Crippen molar-refractivity contribution in [1.29, 1.82) is 0 Å². The molecule has 1 rings (SSSR count). The molecule has 2 unspecified atom stereocenters. The number of rotatable bonds is 4. The van der Waals surface area contributed by atoms with Gasteiger partial charge in [0.15, 0.2) is 6.29 Å². The number of nitrogens with one attached hydrogen (secondary N) is 1. The molecule has 0 spiro atoms. The first-order valence-electron chi connectivity index (χ1n) is 5.64. The van der Waals surface area contributed by atoms with Crippen LogP contribution >= 0.6 is 0 Å². The van der Waals surface area contributed by atoms with Gasteiger partial charge in [0.2, 0.25) is 5.91 Å². The van der Waals surface area contributed by atoms with Gasteiger partial charge in [-0.05, 0) is 0 Å². The normalized spacial score (nSPS) is 37.8. The molecule has 6 heteroatoms. The maximum atomic E-state index is 11.2. The highest BCUT2D eigenvalue weighted by Gasteiger charge is 2.44. The lowest BCUT2D eigenvalue weighted by Gasteiger charge is -2.44. The van der Waals surface area contributed by atoms with E-state index in [0.717, 1.165) is 0 Å². The summed E-state index contributed by atoms with van der Waals surface area (Å²) >= 11 is 0. The summed E-state index contributed by atoms with van der Waals surface area (Å²) in [5.41, 5.74) is 0. The minimum atomic E-state index is -0.614. The van der Waals surface area contributed by atoms with Crippen LogP contribution in [0.25, 0.3) is 0 Å². The van der Waals surface area contributed by atoms with E-state index in [1.807, 2.05) is 6.92 Å². The monoisotopic (exact) mass is 247 g/mol. The van der Waals surface area contributed by atoms with Crippen LogP contribution in [-0.2, 0) is 19.0 Å². The number of amides is 1. The maximum Gasteiger partial charge on any atom is 0.217 e. The molecule has 1 amide bonds. The number of aliphatic hydroxyl groups excluding tert-OH is 1. The average molecular weight is 247 g/mol. The van der Waals surface area contributed by atoms with Crippen LogP contribution in [0.4, 0.5) is 0 Å². The largest absolute Gasteiger partial charge is 0.394 e. The van der Waals surface area contributed by atoms with Crippen LogP contribution < -0.4 is 5.32 Å². The highest BCUT2D eigenvalue weighted by atomic mass is 16.7. The van der Waals surface area contributed by atoms with E-state index in [4.69, 9.17) is 14.2 Å². The van der Waals surface area contributed by atoms with Crippen molar-refractivity contribution in [3.63, 3.8) is 0 Å². The molecule has 0 aromatic heterocycles. The van der Waals surface area contributed by atoms with Crippen LogP contribution in [0.5, 0.6) is 0 Å². The van der Waals surface area contributed by atoms with E-state index in [9.17, 15) is 9.90 Å². The third-order valence-corrected chi connectivity index (χ3v) is 3.12. The van der Waals surface area contributed by atoms with Gasteiger partial charge < -0.3 is 24.6 Å². The van der Waals surface area contributed by atoms with Gasteiger partial charge in [0.05, 0.1) is 18.8 Å². The summed E-state index contributed by atoms with van der Waals surface area (Å²) in [7, 11) is 3.07. The van der Waals surface area contributed by atoms with Crippen molar-refractivity contribution in [2.45, 2.75) is 38.4 Å². The number of hydrogen-bond acceptors (Lipinski definition) is 5. The summed E-state index contributed by atoms with van der Waals surface area (Å²) in [6.07, 6.45) is -1.22. The standard InChI is InChI=1S/C11H21NO5/c1-6-8(5-13)17-11(16-4)9(10(6)15-3)12-7(2)14/h6,8-11,13H,5H2,1-4H3,(H,12,14)/t6-,8?,9+,10?,11+/m0/s1. The van der Waals surface area contributed by atoms with Gasteiger partial charge in [-0.15, -0.1) is 0 Å². The lowest BCUT2D eigenvalue weighted by molar-refractivity contribution is -0.249. The lowest BCUT2D eigenvalue weighted by atomic mass is 9.89. The Labute approximate surface area is 101 Å². The van der Waals surface area contributed by atoms with Gasteiger partial charge in [-0.25, -0.2) is 0 Å². The van der Waals surface area contributed by atoms with Gasteiger partial charge >= 0.3 is 0 Å². The van der Waals surface area contributed by atoms with Gasteiger partial charge in [0, 0.05) is 27.1 Å². The molecular weight excluding hydrogens is 226 g/mol. The molecule has 0 saturated carbocycles. The molecule has 0 aliphatic carbocycles. The quantitative estimate of drug-likeness (QED) is 0.700. The molecule has 1 saturated heterocycles. The summed E-state index contributed by atoms with van der Waals surface area (Å²) in [4.78, 5) is 11.2. The van der Waals surface area contributed by atoms with Gasteiger partial charge in [0.1, 0.15) is 6.04 Å². The SMILES string of the molecule is COC1[C@@H](C)C(CO)O[C@@H](OC)[C@@H]1NC(C)=O. The number of ether oxygens (including phenoxy) is 3. The fraction of sp³-hybridized carbons (Fsp3) is 0.909. The molecule has 5 atom stereocenters. The highest BCUT2D eigenvalue weighted by molar-refractivity contribution is 5.73. The predicted octanol–water partition coefficient (Wildman–Crippen LogP) is -0.494. The minimum Gasteiger partial charge on any atom is -0.394 e. The lowest BCUT2D eigenvalue weighted by Crippen LogP contribution is -2.62. The van der Waals surface area contributed by atoms with Crippen LogP contribution in [0, 0.1) is 5.92 Å². The van der Waals surface area contributed by atoms with Crippen LogP contribution in [0.3, 0.4) is 0 Å². The molecule has 100 valence electrons. The molecule has 17 heavy (non-hydrogen) atoms. The molecule has 0 aromatic rings. The van der Waals surface area contributed by atoms with Crippen LogP contribution in [0.1, 0.15) is 13.8 Å². The Morgan fingerprint density at radius 1 is 1.41 bits per heavy atom. The molecule has 0 aromatic carbocycles. The zero-order valence-corrected chi connectivity index (χ0v) is 10.7. The summed E-state index contributed by atoms with van der Waals surface area (Å²) in [6.45, 7) is 3.24. The molecule has 6 nitrogen and oxygen atoms in total. The Morgan fingerprint density at radius 3 is 2.47 bits per heavy atom. The van der Waals surface area contributed by atoms with Crippen molar-refractivity contribution in [3.05, 3.63) is 0 Å². The van der Waals surface area contributed by atoms with E-state index in [-0.39, 0.29) is 36.7 Å². The van der Waals surface area contributed by atoms with Crippen molar-refractivity contribution in [3.8, 4) is 0 Å². The van der Waals surface area contributed by atoms with Crippen molar-refractivity contribution < 1.29 is 24.1 Å². The predicted molar refractivity (Wildman–Crippen MR) is 60.3 cm³/mol. The van der Waals surface area contributed by atoms with Crippen molar-refractivity contribution in [1.82, 2.24) is 5.32 Å². The third-order valence-electron chi connectivity index (χ3n) is 3.12. The second-order valence-electron chi connectivity index (χ2n) is 4.25. The number of carbonyl (C=O) groups is 1. The first-order valence-corrected chi connectivity index (χ1v) is 5.64. The summed E-state index contributed by atoms with van der Waals surface area (Å²) in [5.74, 6) is -0.203. The Hall–Kier alpha value is -0.690. The molecule has 1 aliphatic heterocycles. The molecule has 1 aliphatic rings. The summed E-state index contributed by atoms with van der Waals surface area (Å²) in [5, 5.41) is 12.0. The van der Waals surface area contributed by atoms with Gasteiger partial charge in [-0.3, -0.25) is 4.79 Å². The second-order valence-corrected chi connectivity index (χ2v) is 4.25. The fourth-order valence-electron chi connectivity index (χ4n) is 2.23. The van der Waals surface area contributed by atoms with Crippen molar-refractivity contribution in [2.24, 2.45) is 5.92 Å². The van der Waals surface area contributed by atoms with Crippen LogP contribution in [0.15, 0.2) is 0 Å².